The molecule has 0 saturated carbocycles. The average Bonchev–Trinajstić information content (AvgIpc) is 2.49. The molecule has 1 N–H and O–H groups in total. The summed E-state index contributed by atoms with van der Waals surface area (Å²) in [5, 5.41) is 3.50. The van der Waals surface area contributed by atoms with Gasteiger partial charge in [-0.25, -0.2) is 0 Å². The van der Waals surface area contributed by atoms with Crippen LogP contribution in [0.3, 0.4) is 0 Å². The van der Waals surface area contributed by atoms with Crippen LogP contribution in [0, 0.1) is 5.92 Å². The van der Waals surface area contributed by atoms with E-state index >= 15 is 0 Å². The van der Waals surface area contributed by atoms with Gasteiger partial charge in [-0.05, 0) is 25.5 Å². The zero-order chi connectivity index (χ0) is 15.2. The number of nitrogens with zero attached hydrogens (tertiary/aromatic N) is 2. The molecule has 0 amide bonds. The number of likely N-dealkylation sites (N-methyl/N-ethyl adjacent to an activating group) is 1. The predicted molar refractivity (Wildman–Crippen MR) is 90.6 cm³/mol. The lowest BCUT2D eigenvalue weighted by atomic mass is 9.98. The molecule has 2 atom stereocenters. The van der Waals surface area contributed by atoms with E-state index in [0.29, 0.717) is 12.1 Å². The Morgan fingerprint density at radius 1 is 1.00 bits per heavy atom. The Morgan fingerprint density at radius 3 is 2.14 bits per heavy atom. The molecule has 1 aliphatic rings. The van der Waals surface area contributed by atoms with E-state index in [1.807, 2.05) is 0 Å². The Labute approximate surface area is 130 Å². The second-order valence-electron chi connectivity index (χ2n) is 6.65. The highest BCUT2D eigenvalue weighted by molar-refractivity contribution is 5.20. The van der Waals surface area contributed by atoms with Crippen molar-refractivity contribution < 1.29 is 0 Å². The largest absolute Gasteiger partial charge is 0.312 e. The fraction of sp³-hybridized carbons (Fsp3) is 0.667. The quantitative estimate of drug-likeness (QED) is 0.868. The molecule has 21 heavy (non-hydrogen) atoms. The minimum Gasteiger partial charge on any atom is -0.312 e. The van der Waals surface area contributed by atoms with E-state index in [4.69, 9.17) is 0 Å². The van der Waals surface area contributed by atoms with Crippen molar-refractivity contribution >= 4 is 0 Å². The summed E-state index contributed by atoms with van der Waals surface area (Å²) in [5.74, 6) is 0.767. The van der Waals surface area contributed by atoms with Gasteiger partial charge in [-0.15, -0.1) is 0 Å². The molecule has 2 rings (SSSR count). The number of rotatable bonds is 6. The molecule has 1 saturated heterocycles. The molecular formula is C18H31N3. The fourth-order valence-corrected chi connectivity index (χ4v) is 3.43. The number of benzene rings is 1. The summed E-state index contributed by atoms with van der Waals surface area (Å²) in [7, 11) is 2.07. The second-order valence-corrected chi connectivity index (χ2v) is 6.65. The topological polar surface area (TPSA) is 18.5 Å². The minimum absolute atomic E-state index is 0.405. The van der Waals surface area contributed by atoms with Crippen molar-refractivity contribution in [3.05, 3.63) is 35.9 Å². The zero-order valence-corrected chi connectivity index (χ0v) is 14.0. The van der Waals surface area contributed by atoms with E-state index in [9.17, 15) is 0 Å². The third kappa shape index (κ3) is 4.53. The lowest BCUT2D eigenvalue weighted by Crippen LogP contribution is -2.53. The lowest BCUT2D eigenvalue weighted by molar-refractivity contribution is 0.0807. The molecular weight excluding hydrogens is 258 g/mol. The summed E-state index contributed by atoms with van der Waals surface area (Å²) in [5.41, 5.74) is 1.39. The van der Waals surface area contributed by atoms with Gasteiger partial charge >= 0.3 is 0 Å². The summed E-state index contributed by atoms with van der Waals surface area (Å²) >= 11 is 0. The first-order chi connectivity index (χ1) is 10.1. The van der Waals surface area contributed by atoms with Crippen LogP contribution in [0.5, 0.6) is 0 Å². The molecule has 1 aromatic carbocycles. The number of piperazine rings is 1. The standard InChI is InChI=1S/C18H31N3/c1-15(2)14-20-10-12-21(13-11-20)16(3)18(19-4)17-8-6-5-7-9-17/h5-9,15-16,18-19H,10-14H2,1-4H3. The Bertz CT molecular complexity index is 396. The molecule has 118 valence electrons. The lowest BCUT2D eigenvalue weighted by Gasteiger charge is -2.41. The molecule has 1 fully saturated rings. The molecule has 0 aliphatic carbocycles. The maximum absolute atomic E-state index is 3.50. The highest BCUT2D eigenvalue weighted by Gasteiger charge is 2.26. The van der Waals surface area contributed by atoms with Crippen LogP contribution in [0.1, 0.15) is 32.4 Å². The smallest absolute Gasteiger partial charge is 0.0473 e. The van der Waals surface area contributed by atoms with Crippen molar-refractivity contribution in [1.29, 1.82) is 0 Å². The normalized spacial score (nSPS) is 20.6. The highest BCUT2D eigenvalue weighted by Crippen LogP contribution is 2.21. The van der Waals surface area contributed by atoms with Crippen molar-refractivity contribution in [1.82, 2.24) is 15.1 Å². The van der Waals surface area contributed by atoms with Gasteiger partial charge in [-0.3, -0.25) is 4.90 Å². The van der Waals surface area contributed by atoms with Crippen molar-refractivity contribution in [2.75, 3.05) is 39.8 Å². The molecule has 1 heterocycles. The van der Waals surface area contributed by atoms with Crippen LogP contribution in [0.4, 0.5) is 0 Å². The predicted octanol–water partition coefficient (Wildman–Crippen LogP) is 2.61. The van der Waals surface area contributed by atoms with Crippen molar-refractivity contribution in [2.45, 2.75) is 32.9 Å². The van der Waals surface area contributed by atoms with Gasteiger partial charge in [0.2, 0.25) is 0 Å². The first-order valence-corrected chi connectivity index (χ1v) is 8.30. The number of hydrogen-bond donors (Lipinski definition) is 1. The zero-order valence-electron chi connectivity index (χ0n) is 14.0. The Morgan fingerprint density at radius 2 is 1.62 bits per heavy atom. The molecule has 1 aromatic rings. The number of nitrogens with one attached hydrogen (secondary N) is 1. The van der Waals surface area contributed by atoms with Crippen LogP contribution < -0.4 is 5.32 Å². The summed E-state index contributed by atoms with van der Waals surface area (Å²) in [6.45, 7) is 13.0. The summed E-state index contributed by atoms with van der Waals surface area (Å²) in [6, 6.07) is 11.7. The third-order valence-electron chi connectivity index (χ3n) is 4.56. The number of hydrogen-bond acceptors (Lipinski definition) is 3. The van der Waals surface area contributed by atoms with Crippen LogP contribution in [-0.4, -0.2) is 55.6 Å². The molecule has 2 unspecified atom stereocenters. The van der Waals surface area contributed by atoms with Crippen LogP contribution in [0.15, 0.2) is 30.3 Å². The monoisotopic (exact) mass is 289 g/mol. The molecule has 0 bridgehead atoms. The molecule has 0 radical (unpaired) electrons. The van der Waals surface area contributed by atoms with Crippen LogP contribution in [-0.2, 0) is 0 Å². The second kappa shape index (κ2) is 7.92. The fourth-order valence-electron chi connectivity index (χ4n) is 3.43. The third-order valence-corrected chi connectivity index (χ3v) is 4.56. The maximum Gasteiger partial charge on any atom is 0.0473 e. The van der Waals surface area contributed by atoms with Gasteiger partial charge in [0, 0.05) is 44.8 Å². The van der Waals surface area contributed by atoms with E-state index in [2.05, 4.69) is 73.3 Å². The molecule has 1 aliphatic heterocycles. The van der Waals surface area contributed by atoms with E-state index in [1.54, 1.807) is 0 Å². The van der Waals surface area contributed by atoms with Gasteiger partial charge < -0.3 is 10.2 Å². The van der Waals surface area contributed by atoms with Crippen LogP contribution >= 0.6 is 0 Å². The molecule has 3 nitrogen and oxygen atoms in total. The van der Waals surface area contributed by atoms with Gasteiger partial charge in [0.25, 0.3) is 0 Å². The van der Waals surface area contributed by atoms with E-state index in [-0.39, 0.29) is 0 Å². The maximum atomic E-state index is 3.50. The minimum atomic E-state index is 0.405. The molecule has 0 aromatic heterocycles. The Kier molecular flexibility index (Phi) is 6.22. The van der Waals surface area contributed by atoms with Crippen LogP contribution in [0.2, 0.25) is 0 Å². The summed E-state index contributed by atoms with van der Waals surface area (Å²) in [4.78, 5) is 5.23. The molecule has 3 heteroatoms. The van der Waals surface area contributed by atoms with E-state index < -0.39 is 0 Å². The summed E-state index contributed by atoms with van der Waals surface area (Å²) in [6.07, 6.45) is 0. The SMILES string of the molecule is CNC(c1ccccc1)C(C)N1CCN(CC(C)C)CC1. The van der Waals surface area contributed by atoms with Crippen molar-refractivity contribution in [3.63, 3.8) is 0 Å². The van der Waals surface area contributed by atoms with Gasteiger partial charge in [0.1, 0.15) is 0 Å². The van der Waals surface area contributed by atoms with Gasteiger partial charge in [-0.2, -0.15) is 0 Å². The van der Waals surface area contributed by atoms with Gasteiger partial charge in [0.05, 0.1) is 0 Å². The van der Waals surface area contributed by atoms with E-state index in [1.165, 1.54) is 38.3 Å². The molecule has 0 spiro atoms. The average molecular weight is 289 g/mol. The van der Waals surface area contributed by atoms with Crippen molar-refractivity contribution in [2.24, 2.45) is 5.92 Å². The first kappa shape index (κ1) is 16.5. The van der Waals surface area contributed by atoms with Crippen LogP contribution in [0.25, 0.3) is 0 Å². The Hall–Kier alpha value is -0.900. The summed E-state index contributed by atoms with van der Waals surface area (Å²) < 4.78 is 0. The first-order valence-electron chi connectivity index (χ1n) is 8.30. The van der Waals surface area contributed by atoms with Gasteiger partial charge in [0.15, 0.2) is 0 Å². The Balaban J connectivity index is 1.92. The van der Waals surface area contributed by atoms with Gasteiger partial charge in [-0.1, -0.05) is 44.2 Å². The van der Waals surface area contributed by atoms with E-state index in [0.717, 1.165) is 5.92 Å². The highest BCUT2D eigenvalue weighted by atomic mass is 15.3. The van der Waals surface area contributed by atoms with Crippen molar-refractivity contribution in [3.8, 4) is 0 Å².